The number of hydrogen-bond acceptors (Lipinski definition) is 6. The van der Waals surface area contributed by atoms with Crippen molar-refractivity contribution in [2.45, 2.75) is 4.90 Å². The molecule has 0 fully saturated rings. The van der Waals surface area contributed by atoms with Crippen molar-refractivity contribution in [2.75, 3.05) is 11.8 Å². The first kappa shape index (κ1) is 18.1. The van der Waals surface area contributed by atoms with Gasteiger partial charge in [-0.2, -0.15) is 0 Å². The van der Waals surface area contributed by atoms with Gasteiger partial charge >= 0.3 is 0 Å². The van der Waals surface area contributed by atoms with E-state index in [9.17, 15) is 8.42 Å². The summed E-state index contributed by atoms with van der Waals surface area (Å²) in [5.74, 6) is 0.182. The highest BCUT2D eigenvalue weighted by Crippen LogP contribution is 2.36. The molecular weight excluding hydrogens is 450 g/mol. The largest absolute Gasteiger partial charge is 0.494 e. The normalized spacial score (nSPS) is 11.3. The number of nitrogens with zero attached hydrogens (tertiary/aromatic N) is 2. The number of methoxy groups -OCH3 is 1. The monoisotopic (exact) mass is 459 g/mol. The van der Waals surface area contributed by atoms with Gasteiger partial charge in [-0.3, -0.25) is 4.72 Å². The minimum Gasteiger partial charge on any atom is -0.494 e. The molecule has 0 saturated carbocycles. The molecule has 0 radical (unpaired) electrons. The van der Waals surface area contributed by atoms with Crippen molar-refractivity contribution in [2.24, 2.45) is 0 Å². The van der Waals surface area contributed by atoms with E-state index in [1.807, 2.05) is 5.38 Å². The van der Waals surface area contributed by atoms with Crippen LogP contribution in [0.15, 0.2) is 51.1 Å². The number of anilines is 1. The van der Waals surface area contributed by atoms with Crippen LogP contribution in [0.25, 0.3) is 11.3 Å². The summed E-state index contributed by atoms with van der Waals surface area (Å²) in [6.07, 6.45) is 0. The highest BCUT2D eigenvalue weighted by atomic mass is 79.9. The minimum atomic E-state index is -3.88. The van der Waals surface area contributed by atoms with Gasteiger partial charge in [0.15, 0.2) is 5.75 Å². The molecule has 1 N–H and O–H groups in total. The fraction of sp³-hybridized carbons (Fsp3) is 0.0667. The van der Waals surface area contributed by atoms with Crippen molar-refractivity contribution >= 4 is 54.8 Å². The van der Waals surface area contributed by atoms with Crippen LogP contribution in [0, 0.1) is 0 Å². The van der Waals surface area contributed by atoms with Crippen LogP contribution >= 0.6 is 39.1 Å². The molecular formula is C15H11BrClN3O3S2. The van der Waals surface area contributed by atoms with Gasteiger partial charge in [-0.05, 0) is 51.7 Å². The number of benzene rings is 2. The predicted molar refractivity (Wildman–Crippen MR) is 102 cm³/mol. The van der Waals surface area contributed by atoms with Crippen molar-refractivity contribution < 1.29 is 13.2 Å². The SMILES string of the molecule is COc1c(Br)cc(Cl)cc1S(=O)(=O)Nc1ccc(-c2csnn2)cc1. The molecule has 0 amide bonds. The zero-order chi connectivity index (χ0) is 18.0. The van der Waals surface area contributed by atoms with Crippen LogP contribution in [0.1, 0.15) is 0 Å². The third-order valence-electron chi connectivity index (χ3n) is 3.26. The van der Waals surface area contributed by atoms with E-state index in [0.717, 1.165) is 11.3 Å². The van der Waals surface area contributed by atoms with Crippen molar-refractivity contribution in [1.29, 1.82) is 0 Å². The second kappa shape index (κ2) is 7.28. The number of rotatable bonds is 5. The van der Waals surface area contributed by atoms with Gasteiger partial charge in [0.2, 0.25) is 0 Å². The fourth-order valence-electron chi connectivity index (χ4n) is 2.14. The molecule has 0 unspecified atom stereocenters. The van der Waals surface area contributed by atoms with Crippen LogP contribution in [0.5, 0.6) is 5.75 Å². The first-order chi connectivity index (χ1) is 11.9. The Morgan fingerprint density at radius 2 is 1.96 bits per heavy atom. The zero-order valence-corrected chi connectivity index (χ0v) is 16.7. The Labute approximate surface area is 162 Å². The van der Waals surface area contributed by atoms with Crippen molar-refractivity contribution in [3.63, 3.8) is 0 Å². The Bertz CT molecular complexity index is 994. The third-order valence-corrected chi connectivity index (χ3v) is 5.96. The van der Waals surface area contributed by atoms with Gasteiger partial charge in [0.05, 0.1) is 11.6 Å². The average molecular weight is 461 g/mol. The highest BCUT2D eigenvalue weighted by Gasteiger charge is 2.22. The van der Waals surface area contributed by atoms with Crippen LogP contribution < -0.4 is 9.46 Å². The van der Waals surface area contributed by atoms with Gasteiger partial charge in [-0.1, -0.05) is 28.2 Å². The summed E-state index contributed by atoms with van der Waals surface area (Å²) >= 11 is 10.5. The summed E-state index contributed by atoms with van der Waals surface area (Å²) < 4.78 is 37.4. The van der Waals surface area contributed by atoms with Crippen LogP contribution in [0.2, 0.25) is 5.02 Å². The first-order valence-electron chi connectivity index (χ1n) is 6.84. The van der Waals surface area contributed by atoms with Crippen LogP contribution in [-0.4, -0.2) is 25.1 Å². The van der Waals surface area contributed by atoms with E-state index in [1.54, 1.807) is 30.3 Å². The topological polar surface area (TPSA) is 81.2 Å². The van der Waals surface area contributed by atoms with Gasteiger partial charge in [0.1, 0.15) is 10.6 Å². The van der Waals surface area contributed by atoms with Gasteiger partial charge in [0, 0.05) is 21.7 Å². The molecule has 0 atom stereocenters. The van der Waals surface area contributed by atoms with Crippen LogP contribution in [0.3, 0.4) is 0 Å². The molecule has 0 aliphatic rings. The van der Waals surface area contributed by atoms with Gasteiger partial charge < -0.3 is 4.74 Å². The summed E-state index contributed by atoms with van der Waals surface area (Å²) in [6.45, 7) is 0. The predicted octanol–water partition coefficient (Wildman–Crippen LogP) is 4.43. The smallest absolute Gasteiger partial charge is 0.265 e. The molecule has 1 aromatic heterocycles. The second-order valence-corrected chi connectivity index (χ2v) is 8.44. The summed E-state index contributed by atoms with van der Waals surface area (Å²) in [4.78, 5) is -0.0536. The van der Waals surface area contributed by atoms with Crippen molar-refractivity contribution in [1.82, 2.24) is 9.59 Å². The third kappa shape index (κ3) is 3.95. The highest BCUT2D eigenvalue weighted by molar-refractivity contribution is 9.10. The Morgan fingerprint density at radius 3 is 2.56 bits per heavy atom. The number of hydrogen-bond donors (Lipinski definition) is 1. The lowest BCUT2D eigenvalue weighted by atomic mass is 10.2. The zero-order valence-electron chi connectivity index (χ0n) is 12.7. The molecule has 0 aliphatic heterocycles. The summed E-state index contributed by atoms with van der Waals surface area (Å²) in [7, 11) is -2.49. The molecule has 2 aromatic carbocycles. The van der Waals surface area contributed by atoms with E-state index >= 15 is 0 Å². The number of aromatic nitrogens is 2. The lowest BCUT2D eigenvalue weighted by Crippen LogP contribution is -2.14. The maximum absolute atomic E-state index is 12.7. The molecule has 10 heteroatoms. The Balaban J connectivity index is 1.92. The fourth-order valence-corrected chi connectivity index (χ4v) is 5.05. The molecule has 25 heavy (non-hydrogen) atoms. The molecule has 1 heterocycles. The van der Waals surface area contributed by atoms with Crippen LogP contribution in [-0.2, 0) is 10.0 Å². The van der Waals surface area contributed by atoms with Crippen molar-refractivity contribution in [3.8, 4) is 17.0 Å². The number of ether oxygens (including phenoxy) is 1. The van der Waals surface area contributed by atoms with E-state index in [4.69, 9.17) is 16.3 Å². The number of halogens is 2. The number of nitrogens with one attached hydrogen (secondary N) is 1. The summed E-state index contributed by atoms with van der Waals surface area (Å²) in [6, 6.07) is 9.73. The lowest BCUT2D eigenvalue weighted by Gasteiger charge is -2.13. The second-order valence-electron chi connectivity index (χ2n) is 4.89. The average Bonchev–Trinajstić information content (AvgIpc) is 3.09. The van der Waals surface area contributed by atoms with Crippen molar-refractivity contribution in [3.05, 3.63) is 51.3 Å². The van der Waals surface area contributed by atoms with Gasteiger partial charge in [0.25, 0.3) is 10.0 Å². The van der Waals surface area contributed by atoms with Gasteiger partial charge in [-0.25, -0.2) is 8.42 Å². The standard InChI is InChI=1S/C15H11BrClN3O3S2/c1-23-15-12(16)6-10(17)7-14(15)25(21,22)19-11-4-2-9(3-5-11)13-8-24-20-18-13/h2-8,19H,1H3. The molecule has 3 rings (SSSR count). The van der Waals surface area contributed by atoms with E-state index in [1.165, 1.54) is 24.7 Å². The maximum atomic E-state index is 12.7. The Kier molecular flexibility index (Phi) is 5.28. The van der Waals surface area contributed by atoms with E-state index < -0.39 is 10.0 Å². The lowest BCUT2D eigenvalue weighted by molar-refractivity contribution is 0.400. The molecule has 6 nitrogen and oxygen atoms in total. The summed E-state index contributed by atoms with van der Waals surface area (Å²) in [5, 5.41) is 6.06. The van der Waals surface area contributed by atoms with E-state index in [0.29, 0.717) is 10.2 Å². The van der Waals surface area contributed by atoms with Crippen LogP contribution in [0.4, 0.5) is 5.69 Å². The Morgan fingerprint density at radius 1 is 1.24 bits per heavy atom. The van der Waals surface area contributed by atoms with Gasteiger partial charge in [-0.15, -0.1) is 5.10 Å². The molecule has 130 valence electrons. The van der Waals surface area contributed by atoms with E-state index in [2.05, 4.69) is 30.2 Å². The molecule has 0 spiro atoms. The molecule has 0 aliphatic carbocycles. The van der Waals surface area contributed by atoms with E-state index in [-0.39, 0.29) is 15.7 Å². The summed E-state index contributed by atoms with van der Waals surface area (Å²) in [5.41, 5.74) is 1.99. The molecule has 3 aromatic rings. The molecule has 0 bridgehead atoms. The molecule has 0 saturated heterocycles. The quantitative estimate of drug-likeness (QED) is 0.609. The first-order valence-corrected chi connectivity index (χ1v) is 10.3. The maximum Gasteiger partial charge on any atom is 0.265 e. The Hall–Kier alpha value is -1.68. The minimum absolute atomic E-state index is 0.0536. The number of sulfonamides is 1.